The molecule has 0 bridgehead atoms. The molecular formula is C9H19F3O2Si. The average molecular weight is 244 g/mol. The highest BCUT2D eigenvalue weighted by Crippen LogP contribution is 2.27. The van der Waals surface area contributed by atoms with Gasteiger partial charge < -0.3 is 8.85 Å². The Morgan fingerprint density at radius 1 is 1.13 bits per heavy atom. The molecule has 0 N–H and O–H groups in total. The van der Waals surface area contributed by atoms with Crippen molar-refractivity contribution in [1.82, 2.24) is 0 Å². The molecule has 0 aromatic rings. The Labute approximate surface area is 90.6 Å². The quantitative estimate of drug-likeness (QED) is 0.641. The molecule has 0 amide bonds. The van der Waals surface area contributed by atoms with Gasteiger partial charge in [-0.3, -0.25) is 0 Å². The van der Waals surface area contributed by atoms with Crippen molar-refractivity contribution in [2.75, 3.05) is 13.2 Å². The zero-order chi connectivity index (χ0) is 11.9. The first kappa shape index (κ1) is 14.9. The van der Waals surface area contributed by atoms with E-state index >= 15 is 0 Å². The number of halogens is 3. The molecule has 0 radical (unpaired) electrons. The third-order valence-electron chi connectivity index (χ3n) is 2.01. The summed E-state index contributed by atoms with van der Waals surface area (Å²) in [6.07, 6.45) is -4.73. The van der Waals surface area contributed by atoms with E-state index in [-0.39, 0.29) is 12.0 Å². The number of hydrogen-bond acceptors (Lipinski definition) is 2. The van der Waals surface area contributed by atoms with Crippen LogP contribution in [0, 0.1) is 0 Å². The minimum Gasteiger partial charge on any atom is -0.397 e. The van der Waals surface area contributed by atoms with Crippen molar-refractivity contribution in [1.29, 1.82) is 0 Å². The van der Waals surface area contributed by atoms with Crippen LogP contribution in [0.2, 0.25) is 5.54 Å². The second-order valence-corrected chi connectivity index (χ2v) is 5.95. The van der Waals surface area contributed by atoms with Gasteiger partial charge in [-0.2, -0.15) is 13.2 Å². The van der Waals surface area contributed by atoms with Crippen LogP contribution >= 0.6 is 0 Å². The third kappa shape index (κ3) is 7.81. The molecule has 0 aromatic carbocycles. The van der Waals surface area contributed by atoms with Crippen LogP contribution in [-0.4, -0.2) is 28.7 Å². The van der Waals surface area contributed by atoms with E-state index in [1.165, 1.54) is 0 Å². The molecule has 0 aliphatic rings. The number of hydrogen-bond donors (Lipinski definition) is 0. The zero-order valence-electron chi connectivity index (χ0n) is 9.43. The fourth-order valence-electron chi connectivity index (χ4n) is 1.23. The zero-order valence-corrected chi connectivity index (χ0v) is 10.6. The minimum atomic E-state index is -4.08. The Morgan fingerprint density at radius 3 is 1.93 bits per heavy atom. The molecule has 0 heterocycles. The molecule has 0 aliphatic heterocycles. The van der Waals surface area contributed by atoms with Gasteiger partial charge in [-0.05, 0) is 25.8 Å². The summed E-state index contributed by atoms with van der Waals surface area (Å²) in [4.78, 5) is 0. The number of alkyl halides is 3. The fraction of sp³-hybridized carbons (Fsp3) is 1.00. The predicted molar refractivity (Wildman–Crippen MR) is 55.1 cm³/mol. The summed E-state index contributed by atoms with van der Waals surface area (Å²) in [6.45, 7) is 6.44. The maximum atomic E-state index is 12.0. The van der Waals surface area contributed by atoms with Gasteiger partial charge in [-0.1, -0.05) is 6.92 Å². The van der Waals surface area contributed by atoms with E-state index in [0.29, 0.717) is 13.2 Å². The van der Waals surface area contributed by atoms with Gasteiger partial charge >= 0.3 is 15.5 Å². The molecule has 0 aromatic heterocycles. The lowest BCUT2D eigenvalue weighted by Crippen LogP contribution is -2.28. The average Bonchev–Trinajstić information content (AvgIpc) is 2.13. The molecule has 2 nitrogen and oxygen atoms in total. The molecule has 0 fully saturated rings. The van der Waals surface area contributed by atoms with Crippen LogP contribution < -0.4 is 0 Å². The van der Waals surface area contributed by atoms with Crippen molar-refractivity contribution in [2.24, 2.45) is 0 Å². The Morgan fingerprint density at radius 2 is 1.60 bits per heavy atom. The van der Waals surface area contributed by atoms with Gasteiger partial charge in [0.05, 0.1) is 0 Å². The van der Waals surface area contributed by atoms with Crippen molar-refractivity contribution in [3.8, 4) is 0 Å². The lowest BCUT2D eigenvalue weighted by atomic mass is 10.2. The summed E-state index contributed by atoms with van der Waals surface area (Å²) >= 11 is 0. The molecule has 15 heavy (non-hydrogen) atoms. The topological polar surface area (TPSA) is 18.5 Å². The summed E-state index contributed by atoms with van der Waals surface area (Å²) in [5, 5.41) is 0. The van der Waals surface area contributed by atoms with Gasteiger partial charge in [0.25, 0.3) is 0 Å². The molecule has 92 valence electrons. The first-order valence-corrected chi connectivity index (χ1v) is 6.81. The van der Waals surface area contributed by atoms with Crippen LogP contribution in [0.25, 0.3) is 0 Å². The van der Waals surface area contributed by atoms with Crippen molar-refractivity contribution >= 4 is 9.28 Å². The van der Waals surface area contributed by atoms with Crippen LogP contribution in [0.1, 0.15) is 33.6 Å². The highest BCUT2D eigenvalue weighted by molar-refractivity contribution is 6.46. The lowest BCUT2D eigenvalue weighted by Gasteiger charge is -2.21. The van der Waals surface area contributed by atoms with Crippen LogP contribution in [0.3, 0.4) is 0 Å². The van der Waals surface area contributed by atoms with E-state index in [1.54, 1.807) is 6.92 Å². The standard InChI is InChI=1S/C9H19F3O2Si/c1-4-13-15(14-5-2)8(3)6-7-9(10,11)12/h8,15H,4-7H2,1-3H3. The van der Waals surface area contributed by atoms with Crippen LogP contribution in [0.15, 0.2) is 0 Å². The van der Waals surface area contributed by atoms with Crippen molar-refractivity contribution < 1.29 is 22.0 Å². The maximum absolute atomic E-state index is 12.0. The Balaban J connectivity index is 3.96. The van der Waals surface area contributed by atoms with Gasteiger partial charge in [-0.25, -0.2) is 0 Å². The van der Waals surface area contributed by atoms with E-state index in [9.17, 15) is 13.2 Å². The summed E-state index contributed by atoms with van der Waals surface area (Å²) < 4.78 is 46.7. The summed E-state index contributed by atoms with van der Waals surface area (Å²) in [6, 6.07) is 0. The molecule has 6 heteroatoms. The monoisotopic (exact) mass is 244 g/mol. The molecule has 0 spiro atoms. The molecule has 1 atom stereocenters. The third-order valence-corrected chi connectivity index (χ3v) is 4.60. The maximum Gasteiger partial charge on any atom is 0.389 e. The second kappa shape index (κ2) is 7.24. The first-order chi connectivity index (χ1) is 6.90. The predicted octanol–water partition coefficient (Wildman–Crippen LogP) is 3.01. The summed E-state index contributed by atoms with van der Waals surface area (Å²) in [5.74, 6) is 0. The molecule has 0 saturated heterocycles. The summed E-state index contributed by atoms with van der Waals surface area (Å²) in [7, 11) is -1.92. The Hall–Kier alpha value is -0.0731. The fourth-order valence-corrected chi connectivity index (χ4v) is 3.08. The highest BCUT2D eigenvalue weighted by Gasteiger charge is 2.30. The summed E-state index contributed by atoms with van der Waals surface area (Å²) in [5.41, 5.74) is -0.105. The van der Waals surface area contributed by atoms with Crippen LogP contribution in [0.4, 0.5) is 13.2 Å². The SMILES string of the molecule is CCO[SiH](OCC)C(C)CCC(F)(F)F. The lowest BCUT2D eigenvalue weighted by molar-refractivity contribution is -0.135. The van der Waals surface area contributed by atoms with Gasteiger partial charge in [-0.15, -0.1) is 0 Å². The van der Waals surface area contributed by atoms with Crippen molar-refractivity contribution in [2.45, 2.75) is 45.3 Å². The van der Waals surface area contributed by atoms with Gasteiger partial charge in [0, 0.05) is 19.6 Å². The van der Waals surface area contributed by atoms with Crippen LogP contribution in [-0.2, 0) is 8.85 Å². The molecule has 0 saturated carbocycles. The van der Waals surface area contributed by atoms with Gasteiger partial charge in [0.15, 0.2) is 0 Å². The highest BCUT2D eigenvalue weighted by atomic mass is 28.3. The van der Waals surface area contributed by atoms with E-state index < -0.39 is 21.9 Å². The smallest absolute Gasteiger partial charge is 0.389 e. The normalized spacial score (nSPS) is 14.6. The number of rotatable bonds is 7. The van der Waals surface area contributed by atoms with E-state index in [1.807, 2.05) is 13.8 Å². The van der Waals surface area contributed by atoms with Gasteiger partial charge in [0.2, 0.25) is 0 Å². The molecular weight excluding hydrogens is 225 g/mol. The van der Waals surface area contributed by atoms with Crippen LogP contribution in [0.5, 0.6) is 0 Å². The Kier molecular flexibility index (Phi) is 7.21. The van der Waals surface area contributed by atoms with E-state index in [2.05, 4.69) is 0 Å². The molecule has 0 rings (SSSR count). The largest absolute Gasteiger partial charge is 0.397 e. The van der Waals surface area contributed by atoms with E-state index in [4.69, 9.17) is 8.85 Å². The second-order valence-electron chi connectivity index (χ2n) is 3.41. The first-order valence-electron chi connectivity index (χ1n) is 5.20. The van der Waals surface area contributed by atoms with E-state index in [0.717, 1.165) is 0 Å². The van der Waals surface area contributed by atoms with Crippen molar-refractivity contribution in [3.63, 3.8) is 0 Å². The minimum absolute atomic E-state index is 0.0976. The molecule has 1 unspecified atom stereocenters. The van der Waals surface area contributed by atoms with Gasteiger partial charge in [0.1, 0.15) is 0 Å². The Bertz CT molecular complexity index is 158. The van der Waals surface area contributed by atoms with Crippen molar-refractivity contribution in [3.05, 3.63) is 0 Å². The molecule has 0 aliphatic carbocycles.